The maximum Gasteiger partial charge on any atom is 0.381 e. The van der Waals surface area contributed by atoms with E-state index in [1.807, 2.05) is 6.07 Å². The molecule has 0 spiro atoms. The van der Waals surface area contributed by atoms with E-state index in [1.54, 1.807) is 36.4 Å². The molecule has 0 aliphatic heterocycles. The molecule has 0 aromatic heterocycles. The first kappa shape index (κ1) is 17.6. The molecule has 7 heteroatoms. The highest BCUT2D eigenvalue weighted by Crippen LogP contribution is 2.12. The Morgan fingerprint density at radius 3 is 2.21 bits per heavy atom. The number of anilines is 1. The van der Waals surface area contributed by atoms with E-state index in [0.717, 1.165) is 11.6 Å². The van der Waals surface area contributed by atoms with Gasteiger partial charge in [0.15, 0.2) is 5.71 Å². The van der Waals surface area contributed by atoms with Crippen LogP contribution >= 0.6 is 15.9 Å². The van der Waals surface area contributed by atoms with E-state index in [0.29, 0.717) is 5.69 Å². The van der Waals surface area contributed by atoms with Crippen LogP contribution in [0.15, 0.2) is 64.2 Å². The lowest BCUT2D eigenvalue weighted by Gasteiger charge is -2.06. The summed E-state index contributed by atoms with van der Waals surface area (Å²) in [5, 5.41) is 3.82. The average Bonchev–Trinajstić information content (AvgIpc) is 2.62. The van der Waals surface area contributed by atoms with Crippen LogP contribution in [0.25, 0.3) is 0 Å². The van der Waals surface area contributed by atoms with Crippen molar-refractivity contribution in [2.24, 2.45) is 5.10 Å². The van der Waals surface area contributed by atoms with E-state index in [9.17, 15) is 14.4 Å². The third kappa shape index (κ3) is 4.36. The monoisotopic (exact) mass is 388 g/mol. The molecule has 0 saturated heterocycles. The van der Waals surface area contributed by atoms with E-state index >= 15 is 0 Å². The zero-order chi connectivity index (χ0) is 17.5. The lowest BCUT2D eigenvalue weighted by molar-refractivity contribution is -0.148. The van der Waals surface area contributed by atoms with E-state index in [4.69, 9.17) is 0 Å². The topological polar surface area (TPSA) is 84.8 Å². The lowest BCUT2D eigenvalue weighted by Crippen LogP contribution is -2.32. The Hall–Kier alpha value is -2.80. The summed E-state index contributed by atoms with van der Waals surface area (Å²) >= 11 is 3.26. The molecule has 0 atom stereocenters. The van der Waals surface area contributed by atoms with E-state index in [2.05, 4.69) is 31.2 Å². The molecule has 0 aliphatic carbocycles. The highest BCUT2D eigenvalue weighted by atomic mass is 79.9. The summed E-state index contributed by atoms with van der Waals surface area (Å²) in [4.78, 5) is 36.1. The van der Waals surface area contributed by atoms with Gasteiger partial charge in [0.05, 0.1) is 12.8 Å². The van der Waals surface area contributed by atoms with Gasteiger partial charge in [0.1, 0.15) is 0 Å². The molecular formula is C17H13BrN2O4. The van der Waals surface area contributed by atoms with Crippen molar-refractivity contribution >= 4 is 44.9 Å². The number of hydrogen-bond donors (Lipinski definition) is 1. The van der Waals surface area contributed by atoms with E-state index < -0.39 is 23.2 Å². The van der Waals surface area contributed by atoms with Gasteiger partial charge in [-0.05, 0) is 36.4 Å². The fraction of sp³-hybridized carbons (Fsp3) is 0.0588. The molecule has 0 heterocycles. The first-order valence-electron chi connectivity index (χ1n) is 6.84. The van der Waals surface area contributed by atoms with Crippen molar-refractivity contribution in [1.82, 2.24) is 0 Å². The van der Waals surface area contributed by atoms with Crippen LogP contribution in [0.4, 0.5) is 5.69 Å². The molecule has 1 N–H and O–H groups in total. The summed E-state index contributed by atoms with van der Waals surface area (Å²) in [6.45, 7) is 0. The third-order valence-corrected chi connectivity index (χ3v) is 3.51. The van der Waals surface area contributed by atoms with Gasteiger partial charge in [0.25, 0.3) is 5.78 Å². The normalized spacial score (nSPS) is 10.8. The number of nitrogens with one attached hydrogen (secondary N) is 1. The smallest absolute Gasteiger partial charge is 0.381 e. The second kappa shape index (κ2) is 8.16. The molecule has 2 rings (SSSR count). The van der Waals surface area contributed by atoms with Crippen LogP contribution in [0.2, 0.25) is 0 Å². The van der Waals surface area contributed by atoms with Crippen LogP contribution in [0, 0.1) is 0 Å². The van der Waals surface area contributed by atoms with Crippen molar-refractivity contribution < 1.29 is 19.1 Å². The number of carbonyl (C=O) groups excluding carboxylic acids is 3. The zero-order valence-corrected chi connectivity index (χ0v) is 14.2. The van der Waals surface area contributed by atoms with Gasteiger partial charge >= 0.3 is 5.97 Å². The molecule has 0 radical (unpaired) electrons. The number of ketones is 2. The minimum absolute atomic E-state index is 0.226. The van der Waals surface area contributed by atoms with Crippen molar-refractivity contribution in [2.45, 2.75) is 0 Å². The number of nitrogens with zero attached hydrogens (tertiary/aromatic N) is 1. The summed E-state index contributed by atoms with van der Waals surface area (Å²) in [6.07, 6.45) is 0. The first-order valence-corrected chi connectivity index (χ1v) is 7.64. The molecule has 2 aromatic rings. The number of ether oxygens (including phenoxy) is 1. The largest absolute Gasteiger partial charge is 0.463 e. The first-order chi connectivity index (χ1) is 11.5. The van der Waals surface area contributed by atoms with Crippen LogP contribution in [0.3, 0.4) is 0 Å². The summed E-state index contributed by atoms with van der Waals surface area (Å²) < 4.78 is 5.17. The summed E-state index contributed by atoms with van der Waals surface area (Å²) in [5.74, 6) is -2.95. The number of rotatable bonds is 6. The van der Waals surface area contributed by atoms with Gasteiger partial charge in [-0.15, -0.1) is 0 Å². The van der Waals surface area contributed by atoms with Gasteiger partial charge in [-0.3, -0.25) is 15.0 Å². The molecule has 24 heavy (non-hydrogen) atoms. The number of halogens is 1. The molecule has 0 amide bonds. The fourth-order valence-corrected chi connectivity index (χ4v) is 2.03. The molecule has 0 saturated carbocycles. The molecule has 0 bridgehead atoms. The SMILES string of the molecule is COC(=O)C(=O)/C(=N/Nc1ccccc1)C(=O)c1ccc(Br)cc1. The number of hydrazone groups is 1. The molecular weight excluding hydrogens is 376 g/mol. The van der Waals surface area contributed by atoms with Gasteiger partial charge in [0.2, 0.25) is 5.78 Å². The molecule has 6 nitrogen and oxygen atoms in total. The van der Waals surface area contributed by atoms with Crippen molar-refractivity contribution in [1.29, 1.82) is 0 Å². The average molecular weight is 389 g/mol. The summed E-state index contributed by atoms with van der Waals surface area (Å²) in [7, 11) is 1.06. The van der Waals surface area contributed by atoms with Crippen LogP contribution < -0.4 is 5.43 Å². The van der Waals surface area contributed by atoms with Crippen LogP contribution in [0.5, 0.6) is 0 Å². The zero-order valence-electron chi connectivity index (χ0n) is 12.7. The standard InChI is InChI=1S/C17H13BrN2O4/c1-24-17(23)16(22)14(20-19-13-5-3-2-4-6-13)15(21)11-7-9-12(18)10-8-11/h2-10,19H,1H3/b20-14+. The number of carbonyl (C=O) groups is 3. The van der Waals surface area contributed by atoms with E-state index in [-0.39, 0.29) is 5.56 Å². The van der Waals surface area contributed by atoms with Gasteiger partial charge in [-0.25, -0.2) is 4.79 Å². The second-order valence-electron chi connectivity index (χ2n) is 4.59. The Labute approximate surface area is 146 Å². The van der Waals surface area contributed by atoms with Crippen molar-refractivity contribution in [3.63, 3.8) is 0 Å². The number of para-hydroxylation sites is 1. The Kier molecular flexibility index (Phi) is 5.97. The highest BCUT2D eigenvalue weighted by molar-refractivity contribution is 9.10. The van der Waals surface area contributed by atoms with Gasteiger partial charge in [-0.1, -0.05) is 34.1 Å². The van der Waals surface area contributed by atoms with Crippen molar-refractivity contribution in [3.05, 3.63) is 64.6 Å². The number of Topliss-reactive ketones (excluding diaryl/α,β-unsaturated/α-hetero) is 2. The minimum atomic E-state index is -1.16. The maximum absolute atomic E-state index is 12.5. The van der Waals surface area contributed by atoms with Gasteiger partial charge in [-0.2, -0.15) is 5.10 Å². The Morgan fingerprint density at radius 2 is 1.62 bits per heavy atom. The van der Waals surface area contributed by atoms with Crippen molar-refractivity contribution in [3.8, 4) is 0 Å². The number of methoxy groups -OCH3 is 1. The molecule has 0 fully saturated rings. The summed E-state index contributed by atoms with van der Waals surface area (Å²) in [5.41, 5.74) is 2.84. The molecule has 122 valence electrons. The minimum Gasteiger partial charge on any atom is -0.463 e. The van der Waals surface area contributed by atoms with Gasteiger partial charge < -0.3 is 4.74 Å². The number of benzene rings is 2. The molecule has 2 aromatic carbocycles. The van der Waals surface area contributed by atoms with Crippen LogP contribution in [0.1, 0.15) is 10.4 Å². The van der Waals surface area contributed by atoms with Crippen LogP contribution in [-0.4, -0.2) is 30.4 Å². The van der Waals surface area contributed by atoms with Crippen LogP contribution in [-0.2, 0) is 14.3 Å². The predicted molar refractivity (Wildman–Crippen MR) is 93.0 cm³/mol. The molecule has 0 aliphatic rings. The van der Waals surface area contributed by atoms with Crippen molar-refractivity contribution in [2.75, 3.05) is 12.5 Å². The van der Waals surface area contributed by atoms with E-state index in [1.165, 1.54) is 12.1 Å². The Balaban J connectivity index is 2.35. The Morgan fingerprint density at radius 1 is 1.00 bits per heavy atom. The van der Waals surface area contributed by atoms with Gasteiger partial charge in [0, 0.05) is 10.0 Å². The fourth-order valence-electron chi connectivity index (χ4n) is 1.77. The number of hydrogen-bond acceptors (Lipinski definition) is 6. The lowest BCUT2D eigenvalue weighted by atomic mass is 10.0. The highest BCUT2D eigenvalue weighted by Gasteiger charge is 2.28. The predicted octanol–water partition coefficient (Wildman–Crippen LogP) is 2.84. The maximum atomic E-state index is 12.5. The summed E-state index contributed by atoms with van der Waals surface area (Å²) in [6, 6.07) is 15.1. The third-order valence-electron chi connectivity index (χ3n) is 2.98. The second-order valence-corrected chi connectivity index (χ2v) is 5.51. The number of esters is 1. The molecule has 0 unspecified atom stereocenters. The Bertz CT molecular complexity index is 786. The quantitative estimate of drug-likeness (QED) is 0.205.